The number of benzene rings is 1. The van der Waals surface area contributed by atoms with Crippen molar-refractivity contribution in [3.8, 4) is 0 Å². The Morgan fingerprint density at radius 2 is 2.08 bits per heavy atom. The maximum Gasteiger partial charge on any atom is 0.311 e. The summed E-state index contributed by atoms with van der Waals surface area (Å²) in [5.41, 5.74) is 3.78. The molecular weight excluding hydrogens is 304 g/mol. The zero-order valence-corrected chi connectivity index (χ0v) is 13.8. The van der Waals surface area contributed by atoms with Crippen molar-refractivity contribution < 1.29 is 14.6 Å². The predicted octanol–water partition coefficient (Wildman–Crippen LogP) is 3.25. The monoisotopic (exact) mass is 324 g/mol. The third-order valence-electron chi connectivity index (χ3n) is 5.17. The van der Waals surface area contributed by atoms with Gasteiger partial charge in [-0.1, -0.05) is 30.3 Å². The number of ether oxygens (including phenoxy) is 1. The Morgan fingerprint density at radius 3 is 2.79 bits per heavy atom. The fourth-order valence-electron chi connectivity index (χ4n) is 3.74. The number of hydrogen-bond acceptors (Lipinski definition) is 3. The molecule has 0 amide bonds. The maximum atomic E-state index is 11.8. The summed E-state index contributed by atoms with van der Waals surface area (Å²) in [4.78, 5) is 16.4. The number of aryl methyl sites for hydroxylation is 1. The van der Waals surface area contributed by atoms with Crippen LogP contribution in [0.4, 0.5) is 0 Å². The summed E-state index contributed by atoms with van der Waals surface area (Å²) in [5, 5.41) is 9.66. The van der Waals surface area contributed by atoms with Gasteiger partial charge < -0.3 is 14.4 Å². The molecule has 2 atom stereocenters. The summed E-state index contributed by atoms with van der Waals surface area (Å²) < 4.78 is 8.27. The van der Waals surface area contributed by atoms with Crippen LogP contribution in [0.25, 0.3) is 5.76 Å². The van der Waals surface area contributed by atoms with Crippen molar-refractivity contribution in [1.82, 2.24) is 9.55 Å². The molecule has 1 aliphatic heterocycles. The number of carboxylic acids is 1. The summed E-state index contributed by atoms with van der Waals surface area (Å²) >= 11 is 0. The lowest BCUT2D eigenvalue weighted by atomic mass is 9.81. The standard InChI is InChI=1S/C19H20N2O3/c1-11-20-17-15(21(11)2)10-14(19(22)23)13-8-9-16(24-18(13)17)12-6-4-3-5-7-12/h3-7,14,16H,8-10H2,1-2H3,(H,22,23). The summed E-state index contributed by atoms with van der Waals surface area (Å²) in [5.74, 6) is 0.267. The van der Waals surface area contributed by atoms with Crippen LogP contribution < -0.4 is 0 Å². The molecule has 0 saturated heterocycles. The molecule has 1 aromatic carbocycles. The molecule has 2 unspecified atom stereocenters. The smallest absolute Gasteiger partial charge is 0.311 e. The van der Waals surface area contributed by atoms with Gasteiger partial charge in [-0.3, -0.25) is 4.79 Å². The van der Waals surface area contributed by atoms with E-state index in [4.69, 9.17) is 4.74 Å². The summed E-state index contributed by atoms with van der Waals surface area (Å²) in [6.07, 6.45) is 1.97. The van der Waals surface area contributed by atoms with Crippen LogP contribution in [0.5, 0.6) is 0 Å². The summed E-state index contributed by atoms with van der Waals surface area (Å²) in [7, 11) is 1.93. The van der Waals surface area contributed by atoms with Gasteiger partial charge in [-0.05, 0) is 30.9 Å². The average molecular weight is 324 g/mol. The van der Waals surface area contributed by atoms with Crippen LogP contribution in [0.1, 0.15) is 41.7 Å². The minimum atomic E-state index is -0.784. The number of carboxylic acid groups (broad SMARTS) is 1. The van der Waals surface area contributed by atoms with Gasteiger partial charge in [0.25, 0.3) is 0 Å². The predicted molar refractivity (Wildman–Crippen MR) is 89.2 cm³/mol. The van der Waals surface area contributed by atoms with Gasteiger partial charge in [0.2, 0.25) is 0 Å². The molecule has 0 bridgehead atoms. The molecule has 1 aliphatic carbocycles. The number of imidazole rings is 1. The first-order valence-electron chi connectivity index (χ1n) is 8.26. The molecule has 2 aliphatic rings. The first-order chi connectivity index (χ1) is 11.6. The van der Waals surface area contributed by atoms with Crippen LogP contribution in [0, 0.1) is 12.8 Å². The topological polar surface area (TPSA) is 64.4 Å². The van der Waals surface area contributed by atoms with Gasteiger partial charge in [0.1, 0.15) is 23.4 Å². The van der Waals surface area contributed by atoms with E-state index in [1.807, 2.05) is 36.7 Å². The molecule has 5 heteroatoms. The van der Waals surface area contributed by atoms with E-state index in [-0.39, 0.29) is 6.10 Å². The van der Waals surface area contributed by atoms with Crippen LogP contribution in [0.2, 0.25) is 0 Å². The minimum Gasteiger partial charge on any atom is -0.483 e. The largest absolute Gasteiger partial charge is 0.483 e. The lowest BCUT2D eigenvalue weighted by molar-refractivity contribution is -0.140. The van der Waals surface area contributed by atoms with Gasteiger partial charge in [-0.15, -0.1) is 0 Å². The number of rotatable bonds is 2. The first-order valence-corrected chi connectivity index (χ1v) is 8.26. The molecule has 2 aromatic rings. The van der Waals surface area contributed by atoms with Gasteiger partial charge in [0.15, 0.2) is 0 Å². The van der Waals surface area contributed by atoms with Crippen LogP contribution in [-0.2, 0) is 23.0 Å². The fraction of sp³-hybridized carbons (Fsp3) is 0.368. The second-order valence-electron chi connectivity index (χ2n) is 6.52. The van der Waals surface area contributed by atoms with Crippen molar-refractivity contribution in [1.29, 1.82) is 0 Å². The van der Waals surface area contributed by atoms with E-state index in [2.05, 4.69) is 17.1 Å². The Labute approximate surface area is 140 Å². The molecule has 0 spiro atoms. The van der Waals surface area contributed by atoms with Crippen LogP contribution in [0.3, 0.4) is 0 Å². The second kappa shape index (κ2) is 5.51. The van der Waals surface area contributed by atoms with E-state index in [0.717, 1.165) is 41.2 Å². The van der Waals surface area contributed by atoms with Crippen molar-refractivity contribution in [2.45, 2.75) is 32.3 Å². The van der Waals surface area contributed by atoms with Crippen LogP contribution >= 0.6 is 0 Å². The number of hydrogen-bond donors (Lipinski definition) is 1. The highest BCUT2D eigenvalue weighted by atomic mass is 16.5. The highest BCUT2D eigenvalue weighted by molar-refractivity contribution is 5.81. The Balaban J connectivity index is 1.79. The third-order valence-corrected chi connectivity index (χ3v) is 5.17. The van der Waals surface area contributed by atoms with Crippen molar-refractivity contribution in [2.75, 3.05) is 0 Å². The van der Waals surface area contributed by atoms with Crippen molar-refractivity contribution in [3.05, 3.63) is 58.7 Å². The summed E-state index contributed by atoms with van der Waals surface area (Å²) in [6.45, 7) is 1.94. The Kier molecular flexibility index (Phi) is 3.44. The number of nitrogens with zero attached hydrogens (tertiary/aromatic N) is 2. The highest BCUT2D eigenvalue weighted by Crippen LogP contribution is 2.45. The van der Waals surface area contributed by atoms with Crippen LogP contribution in [-0.4, -0.2) is 20.6 Å². The molecule has 5 nitrogen and oxygen atoms in total. The van der Waals surface area contributed by atoms with E-state index in [0.29, 0.717) is 12.2 Å². The Bertz CT molecular complexity index is 836. The fourth-order valence-corrected chi connectivity index (χ4v) is 3.74. The SMILES string of the molecule is Cc1nc2c(n1C)CC(C(=O)O)C1=C2OC(c2ccccc2)CC1. The van der Waals surface area contributed by atoms with Crippen LogP contribution in [0.15, 0.2) is 35.9 Å². The van der Waals surface area contributed by atoms with E-state index < -0.39 is 11.9 Å². The van der Waals surface area contributed by atoms with Crippen molar-refractivity contribution >= 4 is 11.7 Å². The molecular formula is C19H20N2O3. The molecule has 124 valence electrons. The Hall–Kier alpha value is -2.56. The molecule has 24 heavy (non-hydrogen) atoms. The molecule has 2 heterocycles. The normalized spacial score (nSPS) is 22.6. The molecule has 0 radical (unpaired) electrons. The average Bonchev–Trinajstić information content (AvgIpc) is 2.89. The van der Waals surface area contributed by atoms with Crippen molar-refractivity contribution in [3.63, 3.8) is 0 Å². The highest BCUT2D eigenvalue weighted by Gasteiger charge is 2.39. The lowest BCUT2D eigenvalue weighted by Gasteiger charge is -2.33. The third kappa shape index (κ3) is 2.23. The van der Waals surface area contributed by atoms with E-state index >= 15 is 0 Å². The van der Waals surface area contributed by atoms with Gasteiger partial charge in [0.05, 0.1) is 5.92 Å². The van der Waals surface area contributed by atoms with Gasteiger partial charge in [0, 0.05) is 19.2 Å². The molecule has 1 N–H and O–H groups in total. The lowest BCUT2D eigenvalue weighted by Crippen LogP contribution is -2.28. The van der Waals surface area contributed by atoms with E-state index in [1.54, 1.807) is 0 Å². The maximum absolute atomic E-state index is 11.8. The van der Waals surface area contributed by atoms with E-state index in [1.165, 1.54) is 0 Å². The second-order valence-corrected chi connectivity index (χ2v) is 6.52. The number of fused-ring (bicyclic) bond motifs is 2. The molecule has 4 rings (SSSR count). The van der Waals surface area contributed by atoms with Gasteiger partial charge in [-0.25, -0.2) is 4.98 Å². The van der Waals surface area contributed by atoms with Gasteiger partial charge >= 0.3 is 5.97 Å². The van der Waals surface area contributed by atoms with E-state index in [9.17, 15) is 9.90 Å². The zero-order valence-electron chi connectivity index (χ0n) is 13.8. The first kappa shape index (κ1) is 15.0. The number of aromatic nitrogens is 2. The molecule has 0 saturated carbocycles. The number of aliphatic carboxylic acids is 1. The minimum absolute atomic E-state index is 0.0485. The Morgan fingerprint density at radius 1 is 1.33 bits per heavy atom. The quantitative estimate of drug-likeness (QED) is 0.921. The molecule has 0 fully saturated rings. The van der Waals surface area contributed by atoms with Crippen molar-refractivity contribution in [2.24, 2.45) is 13.0 Å². The molecule has 1 aromatic heterocycles. The summed E-state index contributed by atoms with van der Waals surface area (Å²) in [6, 6.07) is 10.1. The van der Waals surface area contributed by atoms with Gasteiger partial charge in [-0.2, -0.15) is 0 Å². The zero-order chi connectivity index (χ0) is 16.8. The number of carbonyl (C=O) groups is 1.